The number of para-hydroxylation sites is 1. The second-order valence-corrected chi connectivity index (χ2v) is 8.97. The molecule has 0 unspecified atom stereocenters. The lowest BCUT2D eigenvalue weighted by atomic mass is 9.82. The lowest BCUT2D eigenvalue weighted by Crippen LogP contribution is -2.16. The van der Waals surface area contributed by atoms with Crippen molar-refractivity contribution in [3.05, 3.63) is 113 Å². The lowest BCUT2D eigenvalue weighted by Gasteiger charge is -2.28. The smallest absolute Gasteiger partial charge is 0.0472 e. The fourth-order valence-electron chi connectivity index (χ4n) is 4.47. The summed E-state index contributed by atoms with van der Waals surface area (Å²) in [6.45, 7) is 4.65. The maximum absolute atomic E-state index is 3.64. The van der Waals surface area contributed by atoms with Crippen molar-refractivity contribution in [2.24, 2.45) is 0 Å². The zero-order valence-electron chi connectivity index (χ0n) is 16.6. The van der Waals surface area contributed by atoms with E-state index in [2.05, 4.69) is 132 Å². The highest BCUT2D eigenvalue weighted by Gasteiger charge is 2.35. The molecule has 0 spiro atoms. The first-order valence-corrected chi connectivity index (χ1v) is 10.7. The van der Waals surface area contributed by atoms with Gasteiger partial charge in [-0.3, -0.25) is 0 Å². The highest BCUT2D eigenvalue weighted by Crippen LogP contribution is 2.50. The van der Waals surface area contributed by atoms with Crippen molar-refractivity contribution in [3.8, 4) is 11.1 Å². The maximum Gasteiger partial charge on any atom is 0.0472 e. The van der Waals surface area contributed by atoms with Crippen molar-refractivity contribution in [1.29, 1.82) is 0 Å². The van der Waals surface area contributed by atoms with Crippen molar-refractivity contribution in [2.75, 3.05) is 4.90 Å². The van der Waals surface area contributed by atoms with Crippen LogP contribution in [0.1, 0.15) is 25.0 Å². The van der Waals surface area contributed by atoms with Crippen molar-refractivity contribution in [2.45, 2.75) is 19.3 Å². The van der Waals surface area contributed by atoms with Gasteiger partial charge in [0.1, 0.15) is 0 Å². The molecule has 0 bridgehead atoms. The monoisotopic (exact) mass is 439 g/mol. The predicted molar refractivity (Wildman–Crippen MR) is 126 cm³/mol. The highest BCUT2D eigenvalue weighted by atomic mass is 79.9. The Labute approximate surface area is 180 Å². The molecular weight excluding hydrogens is 418 g/mol. The van der Waals surface area contributed by atoms with Gasteiger partial charge >= 0.3 is 0 Å². The first kappa shape index (κ1) is 18.2. The van der Waals surface area contributed by atoms with Gasteiger partial charge in [0.25, 0.3) is 0 Å². The summed E-state index contributed by atoms with van der Waals surface area (Å²) >= 11 is 3.64. The summed E-state index contributed by atoms with van der Waals surface area (Å²) in [7, 11) is 0. The van der Waals surface area contributed by atoms with E-state index in [0.717, 1.165) is 15.8 Å². The summed E-state index contributed by atoms with van der Waals surface area (Å²) in [5.74, 6) is 0. The van der Waals surface area contributed by atoms with E-state index < -0.39 is 0 Å². The van der Waals surface area contributed by atoms with E-state index in [-0.39, 0.29) is 5.41 Å². The summed E-state index contributed by atoms with van der Waals surface area (Å²) in [6, 6.07) is 34.7. The molecule has 5 rings (SSSR count). The number of nitrogens with zero attached hydrogens (tertiary/aromatic N) is 1. The van der Waals surface area contributed by atoms with Crippen molar-refractivity contribution < 1.29 is 0 Å². The third kappa shape index (κ3) is 2.99. The van der Waals surface area contributed by atoms with Crippen LogP contribution in [0.15, 0.2) is 102 Å². The SMILES string of the molecule is CC1(C)c2ccccc2-c2ccc(N(c3ccccc3)c3cccc(Br)c3)cc21. The molecule has 0 aromatic heterocycles. The molecule has 4 aromatic rings. The Balaban J connectivity index is 1.70. The Bertz CT molecular complexity index is 1190. The molecule has 0 heterocycles. The molecule has 29 heavy (non-hydrogen) atoms. The molecule has 1 aliphatic carbocycles. The number of hydrogen-bond donors (Lipinski definition) is 0. The van der Waals surface area contributed by atoms with Crippen LogP contribution in [0.4, 0.5) is 17.1 Å². The summed E-state index contributed by atoms with van der Waals surface area (Å²) in [5, 5.41) is 0. The summed E-state index contributed by atoms with van der Waals surface area (Å²) in [6.07, 6.45) is 0. The van der Waals surface area contributed by atoms with Crippen LogP contribution < -0.4 is 4.90 Å². The largest absolute Gasteiger partial charge is 0.310 e. The molecule has 0 N–H and O–H groups in total. The molecule has 0 saturated carbocycles. The maximum atomic E-state index is 3.64. The molecular formula is C27H22BrN. The fraction of sp³-hybridized carbons (Fsp3) is 0.111. The Morgan fingerprint density at radius 2 is 1.24 bits per heavy atom. The van der Waals surface area contributed by atoms with Crippen LogP contribution >= 0.6 is 15.9 Å². The lowest BCUT2D eigenvalue weighted by molar-refractivity contribution is 0.660. The van der Waals surface area contributed by atoms with E-state index in [1.807, 2.05) is 0 Å². The molecule has 1 aliphatic rings. The summed E-state index contributed by atoms with van der Waals surface area (Å²) in [5.41, 5.74) is 8.94. The van der Waals surface area contributed by atoms with E-state index in [1.54, 1.807) is 0 Å². The number of anilines is 3. The van der Waals surface area contributed by atoms with Crippen LogP contribution in [0.5, 0.6) is 0 Å². The van der Waals surface area contributed by atoms with Crippen LogP contribution in [0.2, 0.25) is 0 Å². The third-order valence-electron chi connectivity index (χ3n) is 5.91. The molecule has 0 amide bonds. The topological polar surface area (TPSA) is 3.24 Å². The van der Waals surface area contributed by atoms with E-state index in [0.29, 0.717) is 0 Å². The molecule has 0 aliphatic heterocycles. The Morgan fingerprint density at radius 1 is 0.586 bits per heavy atom. The quantitative estimate of drug-likeness (QED) is 0.310. The first-order chi connectivity index (χ1) is 14.1. The molecule has 142 valence electrons. The molecule has 0 fully saturated rings. The number of halogens is 1. The number of fused-ring (bicyclic) bond motifs is 3. The van der Waals surface area contributed by atoms with Crippen LogP contribution in [0, 0.1) is 0 Å². The molecule has 0 saturated heterocycles. The van der Waals surface area contributed by atoms with Gasteiger partial charge in [0.2, 0.25) is 0 Å². The van der Waals surface area contributed by atoms with Crippen molar-refractivity contribution >= 4 is 33.0 Å². The molecule has 0 radical (unpaired) electrons. The van der Waals surface area contributed by atoms with E-state index in [4.69, 9.17) is 0 Å². The first-order valence-electron chi connectivity index (χ1n) is 9.91. The second kappa shape index (κ2) is 6.89. The predicted octanol–water partition coefficient (Wildman–Crippen LogP) is 8.23. The Morgan fingerprint density at radius 3 is 2.03 bits per heavy atom. The summed E-state index contributed by atoms with van der Waals surface area (Å²) < 4.78 is 1.07. The molecule has 4 aromatic carbocycles. The number of rotatable bonds is 3. The van der Waals surface area contributed by atoms with Gasteiger partial charge in [0.15, 0.2) is 0 Å². The van der Waals surface area contributed by atoms with Gasteiger partial charge in [0.05, 0.1) is 0 Å². The fourth-order valence-corrected chi connectivity index (χ4v) is 4.86. The minimum absolute atomic E-state index is 0.0123. The van der Waals surface area contributed by atoms with Gasteiger partial charge in [-0.15, -0.1) is 0 Å². The van der Waals surface area contributed by atoms with Gasteiger partial charge in [-0.05, 0) is 64.7 Å². The molecule has 0 atom stereocenters. The van der Waals surface area contributed by atoms with Gasteiger partial charge in [-0.25, -0.2) is 0 Å². The average molecular weight is 440 g/mol. The number of hydrogen-bond acceptors (Lipinski definition) is 1. The van der Waals surface area contributed by atoms with Crippen molar-refractivity contribution in [3.63, 3.8) is 0 Å². The summed E-state index contributed by atoms with van der Waals surface area (Å²) in [4.78, 5) is 2.32. The van der Waals surface area contributed by atoms with Crippen LogP contribution in [-0.2, 0) is 5.41 Å². The van der Waals surface area contributed by atoms with E-state index in [1.165, 1.54) is 27.9 Å². The Kier molecular flexibility index (Phi) is 4.33. The zero-order chi connectivity index (χ0) is 20.0. The minimum atomic E-state index is -0.0123. The molecule has 1 nitrogen and oxygen atoms in total. The third-order valence-corrected chi connectivity index (χ3v) is 6.40. The van der Waals surface area contributed by atoms with Crippen LogP contribution in [0.3, 0.4) is 0 Å². The van der Waals surface area contributed by atoms with E-state index >= 15 is 0 Å². The average Bonchev–Trinajstić information content (AvgIpc) is 2.97. The second-order valence-electron chi connectivity index (χ2n) is 8.05. The van der Waals surface area contributed by atoms with Gasteiger partial charge in [0, 0.05) is 26.9 Å². The minimum Gasteiger partial charge on any atom is -0.310 e. The van der Waals surface area contributed by atoms with Gasteiger partial charge in [-0.2, -0.15) is 0 Å². The molecule has 2 heteroatoms. The van der Waals surface area contributed by atoms with Crippen molar-refractivity contribution in [1.82, 2.24) is 0 Å². The van der Waals surface area contributed by atoms with Gasteiger partial charge in [-0.1, -0.05) is 84.4 Å². The van der Waals surface area contributed by atoms with Gasteiger partial charge < -0.3 is 4.90 Å². The highest BCUT2D eigenvalue weighted by molar-refractivity contribution is 9.10. The van der Waals surface area contributed by atoms with Crippen LogP contribution in [-0.4, -0.2) is 0 Å². The normalized spacial score (nSPS) is 13.6. The number of benzene rings is 4. The zero-order valence-corrected chi connectivity index (χ0v) is 18.1. The van der Waals surface area contributed by atoms with Crippen LogP contribution in [0.25, 0.3) is 11.1 Å². The standard InChI is InChI=1S/C27H22BrN/c1-27(2)25-14-7-6-13-23(25)24-16-15-22(18-26(24)27)29(20-10-4-3-5-11-20)21-12-8-9-19(28)17-21/h3-18H,1-2H3. The van der Waals surface area contributed by atoms with E-state index in [9.17, 15) is 0 Å². The Hall–Kier alpha value is -2.84.